The Balaban J connectivity index is 1.72. The molecule has 1 aromatic heterocycles. The summed E-state index contributed by atoms with van der Waals surface area (Å²) in [4.78, 5) is 13.0. The highest BCUT2D eigenvalue weighted by Crippen LogP contribution is 2.39. The number of ether oxygens (including phenoxy) is 1. The second-order valence-electron chi connectivity index (χ2n) is 6.59. The number of anilines is 1. The summed E-state index contributed by atoms with van der Waals surface area (Å²) in [6.45, 7) is 1.04. The van der Waals surface area contributed by atoms with Crippen LogP contribution in [-0.2, 0) is 28.0 Å². The van der Waals surface area contributed by atoms with Gasteiger partial charge in [0.2, 0.25) is 16.0 Å². The van der Waals surface area contributed by atoms with Gasteiger partial charge in [0.25, 0.3) is 0 Å². The first kappa shape index (κ1) is 20.3. The topological polar surface area (TPSA) is 134 Å². The molecule has 2 heterocycles. The minimum atomic E-state index is -3.49. The van der Waals surface area contributed by atoms with E-state index >= 15 is 0 Å². The number of nitrogens with two attached hydrogens (primary N) is 2. The maximum Gasteiger partial charge on any atom is 0.224 e. The molecule has 152 valence electrons. The fourth-order valence-electron chi connectivity index (χ4n) is 3.32. The van der Waals surface area contributed by atoms with Crippen molar-refractivity contribution in [3.8, 4) is 11.4 Å². The lowest BCUT2D eigenvalue weighted by Gasteiger charge is -2.20. The van der Waals surface area contributed by atoms with Crippen LogP contribution in [0.1, 0.15) is 17.5 Å². The molecule has 11 heteroatoms. The van der Waals surface area contributed by atoms with Crippen LogP contribution >= 0.6 is 23.4 Å². The van der Waals surface area contributed by atoms with E-state index in [2.05, 4.69) is 15.0 Å². The molecule has 0 unspecified atom stereocenters. The summed E-state index contributed by atoms with van der Waals surface area (Å²) in [6.07, 6.45) is 0.381. The number of aromatic nitrogens is 3. The number of primary sulfonamides is 1. The minimum Gasteiger partial charge on any atom is -0.372 e. The summed E-state index contributed by atoms with van der Waals surface area (Å²) < 4.78 is 27.8. The van der Waals surface area contributed by atoms with E-state index in [9.17, 15) is 8.42 Å². The van der Waals surface area contributed by atoms with Gasteiger partial charge in [-0.2, -0.15) is 9.97 Å². The van der Waals surface area contributed by atoms with Crippen LogP contribution in [0.3, 0.4) is 0 Å². The van der Waals surface area contributed by atoms with E-state index in [1.165, 1.54) is 11.8 Å². The zero-order chi connectivity index (χ0) is 20.6. The molecule has 0 saturated carbocycles. The van der Waals surface area contributed by atoms with E-state index in [-0.39, 0.29) is 11.7 Å². The molecule has 4 rings (SSSR count). The molecule has 1 aliphatic rings. The summed E-state index contributed by atoms with van der Waals surface area (Å²) in [6, 6.07) is 7.83. The number of halogens is 1. The molecule has 3 aromatic rings. The highest BCUT2D eigenvalue weighted by Gasteiger charge is 2.21. The second kappa shape index (κ2) is 8.04. The van der Waals surface area contributed by atoms with Gasteiger partial charge in [0.15, 0.2) is 11.0 Å². The molecule has 0 aliphatic carbocycles. The van der Waals surface area contributed by atoms with Crippen LogP contribution in [0.5, 0.6) is 0 Å². The van der Waals surface area contributed by atoms with E-state index in [1.807, 2.05) is 24.3 Å². The van der Waals surface area contributed by atoms with Crippen molar-refractivity contribution in [2.45, 2.75) is 24.8 Å². The molecule has 8 nitrogen and oxygen atoms in total. The second-order valence-corrected chi connectivity index (χ2v) is 9.80. The Morgan fingerprint density at radius 1 is 1.17 bits per heavy atom. The Morgan fingerprint density at radius 2 is 1.97 bits per heavy atom. The average molecular weight is 452 g/mol. The van der Waals surface area contributed by atoms with Gasteiger partial charge in [-0.15, -0.1) is 0 Å². The van der Waals surface area contributed by atoms with Gasteiger partial charge in [-0.3, -0.25) is 0 Å². The van der Waals surface area contributed by atoms with Crippen molar-refractivity contribution in [2.75, 3.05) is 17.2 Å². The summed E-state index contributed by atoms with van der Waals surface area (Å²) in [5, 5.41) is 7.97. The number of nitrogens with zero attached hydrogens (tertiary/aromatic N) is 3. The Bertz CT molecular complexity index is 1200. The highest BCUT2D eigenvalue weighted by molar-refractivity contribution is 7.99. The molecule has 0 spiro atoms. The van der Waals surface area contributed by atoms with Crippen molar-refractivity contribution < 1.29 is 13.2 Å². The Morgan fingerprint density at radius 3 is 2.76 bits per heavy atom. The normalized spacial score (nSPS) is 13.7. The van der Waals surface area contributed by atoms with Gasteiger partial charge in [0, 0.05) is 11.3 Å². The van der Waals surface area contributed by atoms with Gasteiger partial charge in [-0.05, 0) is 34.4 Å². The maximum atomic E-state index is 11.1. The lowest BCUT2D eigenvalue weighted by atomic mass is 9.94. The van der Waals surface area contributed by atoms with Crippen molar-refractivity contribution >= 4 is 50.1 Å². The SMILES string of the molecule is Nc1nc(SCCCS(N)(=O)=O)nc(-c2c(Cl)cc3c4c(cccc24)COC3)n1. The van der Waals surface area contributed by atoms with Gasteiger partial charge in [-0.25, -0.2) is 18.5 Å². The van der Waals surface area contributed by atoms with Crippen molar-refractivity contribution in [2.24, 2.45) is 5.14 Å². The third-order valence-corrected chi connectivity index (χ3v) is 6.55. The largest absolute Gasteiger partial charge is 0.372 e. The van der Waals surface area contributed by atoms with Crippen LogP contribution in [0.25, 0.3) is 22.2 Å². The summed E-state index contributed by atoms with van der Waals surface area (Å²) in [5.41, 5.74) is 8.70. The first-order valence-corrected chi connectivity index (χ1v) is 11.9. The van der Waals surface area contributed by atoms with Gasteiger partial charge in [0.05, 0.1) is 24.0 Å². The van der Waals surface area contributed by atoms with Crippen molar-refractivity contribution in [1.82, 2.24) is 15.0 Å². The molecule has 0 radical (unpaired) electrons. The molecule has 29 heavy (non-hydrogen) atoms. The van der Waals surface area contributed by atoms with E-state index < -0.39 is 10.0 Å². The monoisotopic (exact) mass is 451 g/mol. The lowest BCUT2D eigenvalue weighted by molar-refractivity contribution is 0.103. The molecule has 2 aromatic carbocycles. The van der Waals surface area contributed by atoms with Crippen LogP contribution in [0.15, 0.2) is 29.4 Å². The average Bonchev–Trinajstić information content (AvgIpc) is 2.64. The predicted octanol–water partition coefficient (Wildman–Crippen LogP) is 2.73. The fourth-order valence-corrected chi connectivity index (χ4v) is 5.15. The molecular weight excluding hydrogens is 434 g/mol. The Kier molecular flexibility index (Phi) is 5.63. The van der Waals surface area contributed by atoms with E-state index in [0.717, 1.165) is 21.9 Å². The quantitative estimate of drug-likeness (QED) is 0.431. The molecule has 0 fully saturated rings. The first-order chi connectivity index (χ1) is 13.8. The van der Waals surface area contributed by atoms with Crippen LogP contribution in [0, 0.1) is 0 Å². The fraction of sp³-hybridized carbons (Fsp3) is 0.278. The number of thioether (sulfide) groups is 1. The molecule has 0 atom stereocenters. The molecule has 0 bridgehead atoms. The maximum absolute atomic E-state index is 11.1. The molecule has 0 amide bonds. The Hall–Kier alpha value is -1.98. The number of rotatable bonds is 6. The third kappa shape index (κ3) is 4.46. The van der Waals surface area contributed by atoms with Gasteiger partial charge in [0.1, 0.15) is 0 Å². The van der Waals surface area contributed by atoms with E-state index in [1.54, 1.807) is 0 Å². The standard InChI is InChI=1S/C18H18ClN5O3S2/c19-13-7-11-9-27-8-10-3-1-4-12(14(10)11)15(13)16-22-17(20)24-18(23-16)28-5-2-6-29(21,25)26/h1,3-4,7H,2,5-6,8-9H2,(H2,21,25,26)(H2,20,22,23,24). The van der Waals surface area contributed by atoms with E-state index in [4.69, 9.17) is 27.2 Å². The van der Waals surface area contributed by atoms with Crippen LogP contribution in [-0.4, -0.2) is 34.9 Å². The summed E-state index contributed by atoms with van der Waals surface area (Å²) >= 11 is 7.89. The third-order valence-electron chi connectivity index (χ3n) is 4.46. The number of sulfonamides is 1. The van der Waals surface area contributed by atoms with Gasteiger partial charge in [-0.1, -0.05) is 41.6 Å². The molecule has 4 N–H and O–H groups in total. The van der Waals surface area contributed by atoms with Crippen LogP contribution in [0.2, 0.25) is 5.02 Å². The first-order valence-electron chi connectivity index (χ1n) is 8.78. The number of nitrogen functional groups attached to an aromatic ring is 1. The number of benzene rings is 2. The van der Waals surface area contributed by atoms with Gasteiger partial charge < -0.3 is 10.5 Å². The highest BCUT2D eigenvalue weighted by atomic mass is 35.5. The predicted molar refractivity (Wildman–Crippen MR) is 114 cm³/mol. The van der Waals surface area contributed by atoms with Crippen molar-refractivity contribution in [1.29, 1.82) is 0 Å². The van der Waals surface area contributed by atoms with Gasteiger partial charge >= 0.3 is 0 Å². The molecule has 1 aliphatic heterocycles. The van der Waals surface area contributed by atoms with Crippen LogP contribution < -0.4 is 10.9 Å². The van der Waals surface area contributed by atoms with Crippen molar-refractivity contribution in [3.63, 3.8) is 0 Å². The zero-order valence-electron chi connectivity index (χ0n) is 15.3. The molecule has 0 saturated heterocycles. The van der Waals surface area contributed by atoms with Crippen LogP contribution in [0.4, 0.5) is 5.95 Å². The molecular formula is C18H18ClN5O3S2. The van der Waals surface area contributed by atoms with E-state index in [0.29, 0.717) is 47.0 Å². The summed E-state index contributed by atoms with van der Waals surface area (Å²) in [7, 11) is -3.49. The smallest absolute Gasteiger partial charge is 0.224 e. The zero-order valence-corrected chi connectivity index (χ0v) is 17.6. The summed E-state index contributed by atoms with van der Waals surface area (Å²) in [5.74, 6) is 0.834. The number of hydrogen-bond acceptors (Lipinski definition) is 8. The number of hydrogen-bond donors (Lipinski definition) is 2. The Labute approximate surface area is 177 Å². The van der Waals surface area contributed by atoms with Crippen molar-refractivity contribution in [3.05, 3.63) is 40.4 Å². The minimum absolute atomic E-state index is 0.0730. The lowest BCUT2D eigenvalue weighted by Crippen LogP contribution is -2.16.